The first-order valence-corrected chi connectivity index (χ1v) is 7.17. The van der Waals surface area contributed by atoms with Crippen molar-refractivity contribution in [1.82, 2.24) is 15.5 Å². The summed E-state index contributed by atoms with van der Waals surface area (Å²) >= 11 is 0. The monoisotopic (exact) mass is 304 g/mol. The molecule has 7 nitrogen and oxygen atoms in total. The van der Waals surface area contributed by atoms with Crippen molar-refractivity contribution in [1.29, 1.82) is 0 Å². The second-order valence-electron chi connectivity index (χ2n) is 5.24. The fraction of sp³-hybridized carbons (Fsp3) is 0.400. The molecule has 118 valence electrons. The molecule has 1 saturated heterocycles. The molecule has 1 aliphatic heterocycles. The molecule has 0 spiro atoms. The Kier molecular flexibility index (Phi) is 5.11. The Balaban J connectivity index is 1.74. The molecule has 1 atom stereocenters. The number of hydrogen-bond donors (Lipinski definition) is 3. The predicted molar refractivity (Wildman–Crippen MR) is 80.8 cm³/mol. The summed E-state index contributed by atoms with van der Waals surface area (Å²) in [6, 6.07) is 6.35. The number of nitrogens with two attached hydrogens (primary N) is 1. The molecule has 1 unspecified atom stereocenters. The minimum absolute atomic E-state index is 0.0451. The molecule has 2 rings (SSSR count). The van der Waals surface area contributed by atoms with Crippen molar-refractivity contribution in [2.75, 3.05) is 19.6 Å². The van der Waals surface area contributed by atoms with E-state index in [2.05, 4.69) is 10.6 Å². The van der Waals surface area contributed by atoms with Crippen LogP contribution < -0.4 is 16.4 Å². The first-order valence-electron chi connectivity index (χ1n) is 7.17. The van der Waals surface area contributed by atoms with E-state index in [9.17, 15) is 14.4 Å². The van der Waals surface area contributed by atoms with Gasteiger partial charge in [0.25, 0.3) is 0 Å². The molecule has 1 fully saturated rings. The first kappa shape index (κ1) is 16.0. The van der Waals surface area contributed by atoms with Gasteiger partial charge in [0.2, 0.25) is 11.8 Å². The molecular formula is C15H20N4O3. The van der Waals surface area contributed by atoms with E-state index in [1.807, 2.05) is 31.2 Å². The van der Waals surface area contributed by atoms with Crippen molar-refractivity contribution in [3.63, 3.8) is 0 Å². The van der Waals surface area contributed by atoms with Crippen LogP contribution in [0.15, 0.2) is 24.3 Å². The van der Waals surface area contributed by atoms with Crippen LogP contribution in [0.4, 0.5) is 4.79 Å². The van der Waals surface area contributed by atoms with Gasteiger partial charge in [-0.3, -0.25) is 14.5 Å². The summed E-state index contributed by atoms with van der Waals surface area (Å²) < 4.78 is 0. The second kappa shape index (κ2) is 7.04. The average molecular weight is 304 g/mol. The predicted octanol–water partition coefficient (Wildman–Crippen LogP) is 0.0529. The van der Waals surface area contributed by atoms with Gasteiger partial charge >= 0.3 is 6.03 Å². The number of nitrogens with one attached hydrogen (secondary N) is 2. The zero-order valence-electron chi connectivity index (χ0n) is 12.5. The lowest BCUT2D eigenvalue weighted by Crippen LogP contribution is -2.37. The third-order valence-electron chi connectivity index (χ3n) is 3.51. The molecule has 1 heterocycles. The number of amides is 4. The van der Waals surface area contributed by atoms with Gasteiger partial charge in [-0.2, -0.15) is 0 Å². The summed E-state index contributed by atoms with van der Waals surface area (Å²) in [5, 5.41) is 5.16. The van der Waals surface area contributed by atoms with Crippen molar-refractivity contribution in [2.24, 2.45) is 5.73 Å². The SMILES string of the molecule is Cc1ccc(C(N)C(=O)NCCCN2C(=O)CNC2=O)cc1. The maximum atomic E-state index is 12.0. The van der Waals surface area contributed by atoms with Gasteiger partial charge in [0.1, 0.15) is 6.04 Å². The number of aryl methyl sites for hydroxylation is 1. The third-order valence-corrected chi connectivity index (χ3v) is 3.51. The highest BCUT2D eigenvalue weighted by molar-refractivity contribution is 6.01. The van der Waals surface area contributed by atoms with E-state index >= 15 is 0 Å². The van der Waals surface area contributed by atoms with Crippen LogP contribution in [0, 0.1) is 6.92 Å². The largest absolute Gasteiger partial charge is 0.354 e. The Morgan fingerprint density at radius 1 is 1.36 bits per heavy atom. The number of rotatable bonds is 6. The molecule has 1 aromatic rings. The molecule has 1 aliphatic rings. The summed E-state index contributed by atoms with van der Waals surface area (Å²) in [4.78, 5) is 35.8. The fourth-order valence-electron chi connectivity index (χ4n) is 2.17. The second-order valence-corrected chi connectivity index (χ2v) is 5.24. The van der Waals surface area contributed by atoms with E-state index in [1.54, 1.807) is 0 Å². The maximum absolute atomic E-state index is 12.0. The number of carbonyl (C=O) groups is 3. The number of imide groups is 1. The molecule has 22 heavy (non-hydrogen) atoms. The minimum Gasteiger partial charge on any atom is -0.354 e. The third kappa shape index (κ3) is 3.82. The number of nitrogens with zero attached hydrogens (tertiary/aromatic N) is 1. The summed E-state index contributed by atoms with van der Waals surface area (Å²) in [7, 11) is 0. The lowest BCUT2D eigenvalue weighted by atomic mass is 10.1. The highest BCUT2D eigenvalue weighted by Crippen LogP contribution is 2.11. The maximum Gasteiger partial charge on any atom is 0.324 e. The van der Waals surface area contributed by atoms with Gasteiger partial charge in [-0.1, -0.05) is 29.8 Å². The lowest BCUT2D eigenvalue weighted by molar-refractivity contribution is -0.125. The van der Waals surface area contributed by atoms with E-state index in [-0.39, 0.29) is 30.9 Å². The molecule has 0 aromatic heterocycles. The zero-order chi connectivity index (χ0) is 16.1. The van der Waals surface area contributed by atoms with Crippen molar-refractivity contribution in [2.45, 2.75) is 19.4 Å². The molecule has 0 radical (unpaired) electrons. The summed E-state index contributed by atoms with van der Waals surface area (Å²) in [6.07, 6.45) is 0.492. The standard InChI is InChI=1S/C15H20N4O3/c1-10-3-5-11(6-4-10)13(16)14(21)17-7-2-8-19-12(20)9-18-15(19)22/h3-6,13H,2,7-9,16H2,1H3,(H,17,21)(H,18,22). The fourth-order valence-corrected chi connectivity index (χ4v) is 2.17. The number of urea groups is 1. The van der Waals surface area contributed by atoms with Gasteiger partial charge in [0.05, 0.1) is 6.54 Å². The van der Waals surface area contributed by atoms with Crippen LogP contribution in [0.2, 0.25) is 0 Å². The van der Waals surface area contributed by atoms with Gasteiger partial charge in [-0.05, 0) is 18.9 Å². The van der Waals surface area contributed by atoms with Crippen LogP contribution in [-0.2, 0) is 9.59 Å². The molecule has 0 bridgehead atoms. The number of benzene rings is 1. The van der Waals surface area contributed by atoms with Gasteiger partial charge in [-0.15, -0.1) is 0 Å². The van der Waals surface area contributed by atoms with Gasteiger partial charge < -0.3 is 16.4 Å². The Labute approximate surface area is 128 Å². The summed E-state index contributed by atoms with van der Waals surface area (Å²) in [6.45, 7) is 2.65. The van der Waals surface area contributed by atoms with Crippen LogP contribution in [0.1, 0.15) is 23.6 Å². The van der Waals surface area contributed by atoms with E-state index in [0.717, 1.165) is 16.0 Å². The van der Waals surface area contributed by atoms with E-state index < -0.39 is 6.04 Å². The van der Waals surface area contributed by atoms with E-state index in [1.165, 1.54) is 0 Å². The Bertz CT molecular complexity index is 555. The average Bonchev–Trinajstić information content (AvgIpc) is 2.82. The lowest BCUT2D eigenvalue weighted by Gasteiger charge is -2.15. The summed E-state index contributed by atoms with van der Waals surface area (Å²) in [5.74, 6) is -0.520. The summed E-state index contributed by atoms with van der Waals surface area (Å²) in [5.41, 5.74) is 7.75. The molecule has 4 N–H and O–H groups in total. The van der Waals surface area contributed by atoms with Crippen LogP contribution in [0.3, 0.4) is 0 Å². The topological polar surface area (TPSA) is 105 Å². The van der Waals surface area contributed by atoms with E-state index in [4.69, 9.17) is 5.73 Å². The number of carbonyl (C=O) groups excluding carboxylic acids is 3. The first-order chi connectivity index (χ1) is 10.5. The van der Waals surface area contributed by atoms with Crippen LogP contribution >= 0.6 is 0 Å². The normalized spacial score (nSPS) is 15.6. The molecule has 0 aliphatic carbocycles. The van der Waals surface area contributed by atoms with Gasteiger partial charge in [-0.25, -0.2) is 4.79 Å². The van der Waals surface area contributed by atoms with Crippen LogP contribution in [0.5, 0.6) is 0 Å². The van der Waals surface area contributed by atoms with Crippen LogP contribution in [-0.4, -0.2) is 42.4 Å². The molecular weight excluding hydrogens is 284 g/mol. The quantitative estimate of drug-likeness (QED) is 0.510. The molecule has 7 heteroatoms. The van der Waals surface area contributed by atoms with E-state index in [0.29, 0.717) is 13.0 Å². The van der Waals surface area contributed by atoms with Crippen molar-refractivity contribution in [3.05, 3.63) is 35.4 Å². The molecule has 0 saturated carbocycles. The van der Waals surface area contributed by atoms with Crippen molar-refractivity contribution < 1.29 is 14.4 Å². The van der Waals surface area contributed by atoms with Crippen molar-refractivity contribution >= 4 is 17.8 Å². The zero-order valence-corrected chi connectivity index (χ0v) is 12.5. The Morgan fingerprint density at radius 3 is 2.64 bits per heavy atom. The van der Waals surface area contributed by atoms with Gasteiger partial charge in [0.15, 0.2) is 0 Å². The van der Waals surface area contributed by atoms with Gasteiger partial charge in [0, 0.05) is 13.1 Å². The van der Waals surface area contributed by atoms with Crippen molar-refractivity contribution in [3.8, 4) is 0 Å². The number of hydrogen-bond acceptors (Lipinski definition) is 4. The molecule has 4 amide bonds. The highest BCUT2D eigenvalue weighted by atomic mass is 16.2. The Hall–Kier alpha value is -2.41. The Morgan fingerprint density at radius 2 is 2.05 bits per heavy atom. The molecule has 1 aromatic carbocycles. The smallest absolute Gasteiger partial charge is 0.324 e. The van der Waals surface area contributed by atoms with Crippen LogP contribution in [0.25, 0.3) is 0 Å². The highest BCUT2D eigenvalue weighted by Gasteiger charge is 2.27. The minimum atomic E-state index is -0.725.